The third-order valence-electron chi connectivity index (χ3n) is 5.17. The van der Waals surface area contributed by atoms with E-state index in [0.29, 0.717) is 37.8 Å². The van der Waals surface area contributed by atoms with Gasteiger partial charge in [0, 0.05) is 25.6 Å². The quantitative estimate of drug-likeness (QED) is 0.816. The number of hydrogen-bond donors (Lipinski definition) is 2. The number of rotatable bonds is 6. The molecule has 0 spiro atoms. The Bertz CT molecular complexity index is 592. The van der Waals surface area contributed by atoms with Crippen LogP contribution in [0.5, 0.6) is 0 Å². The Morgan fingerprint density at radius 1 is 1.36 bits per heavy atom. The Morgan fingerprint density at radius 2 is 2.12 bits per heavy atom. The molecule has 138 valence electrons. The van der Waals surface area contributed by atoms with E-state index in [2.05, 4.69) is 5.32 Å². The highest BCUT2D eigenvalue weighted by molar-refractivity contribution is 5.78. The van der Waals surface area contributed by atoms with Gasteiger partial charge in [-0.15, -0.1) is 0 Å². The van der Waals surface area contributed by atoms with Crippen molar-refractivity contribution in [2.75, 3.05) is 32.8 Å². The van der Waals surface area contributed by atoms with Gasteiger partial charge in [-0.05, 0) is 24.5 Å². The van der Waals surface area contributed by atoms with Crippen LogP contribution >= 0.6 is 0 Å². The molecular weight excluding hydrogens is 323 g/mol. The summed E-state index contributed by atoms with van der Waals surface area (Å²) in [6.07, 6.45) is 4.76. The molecule has 5 nitrogen and oxygen atoms in total. The lowest BCUT2D eigenvalue weighted by Crippen LogP contribution is -2.57. The Balaban J connectivity index is 1.59. The Morgan fingerprint density at radius 3 is 2.84 bits per heavy atom. The molecule has 1 aliphatic carbocycles. The fraction of sp³-hybridized carbons (Fsp3) is 0.632. The number of aliphatic hydroxyl groups excluding tert-OH is 1. The SMILES string of the molecule is O=C(CN1CCO[C@](CO)(Cc2ccccc2F)C1)NC1CCCC1. The molecule has 1 aromatic carbocycles. The molecule has 0 aromatic heterocycles. The monoisotopic (exact) mass is 350 g/mol. The minimum Gasteiger partial charge on any atom is -0.393 e. The molecule has 2 aliphatic rings. The molecule has 2 N–H and O–H groups in total. The van der Waals surface area contributed by atoms with E-state index in [4.69, 9.17) is 4.74 Å². The van der Waals surface area contributed by atoms with Gasteiger partial charge in [0.05, 0.1) is 19.8 Å². The molecule has 25 heavy (non-hydrogen) atoms. The Labute approximate surface area is 148 Å². The van der Waals surface area contributed by atoms with Crippen molar-refractivity contribution >= 4 is 5.91 Å². The fourth-order valence-corrected chi connectivity index (χ4v) is 3.85. The van der Waals surface area contributed by atoms with Gasteiger partial charge < -0.3 is 15.2 Å². The maximum atomic E-state index is 14.0. The lowest BCUT2D eigenvalue weighted by atomic mass is 9.92. The topological polar surface area (TPSA) is 61.8 Å². The zero-order chi connectivity index (χ0) is 17.7. The van der Waals surface area contributed by atoms with Crippen LogP contribution in [0.3, 0.4) is 0 Å². The standard InChI is InChI=1S/C19H27FN2O3/c20-17-8-4-1-5-15(17)11-19(14-23)13-22(9-10-25-19)12-18(24)21-16-6-2-3-7-16/h1,4-5,8,16,23H,2-3,6-7,9-14H2,(H,21,24)/t19-/m1/s1. The average Bonchev–Trinajstić information content (AvgIpc) is 3.10. The van der Waals surface area contributed by atoms with Crippen LogP contribution < -0.4 is 5.32 Å². The van der Waals surface area contributed by atoms with E-state index in [-0.39, 0.29) is 24.8 Å². The van der Waals surface area contributed by atoms with Crippen LogP contribution in [0.2, 0.25) is 0 Å². The van der Waals surface area contributed by atoms with E-state index in [1.165, 1.54) is 18.9 Å². The first kappa shape index (κ1) is 18.3. The molecule has 1 aliphatic heterocycles. The maximum Gasteiger partial charge on any atom is 0.234 e. The number of halogens is 1. The summed E-state index contributed by atoms with van der Waals surface area (Å²) in [6.45, 7) is 1.56. The van der Waals surface area contributed by atoms with Gasteiger partial charge >= 0.3 is 0 Å². The first-order valence-electron chi connectivity index (χ1n) is 9.10. The summed E-state index contributed by atoms with van der Waals surface area (Å²) in [4.78, 5) is 14.3. The van der Waals surface area contributed by atoms with E-state index >= 15 is 0 Å². The van der Waals surface area contributed by atoms with E-state index < -0.39 is 5.60 Å². The maximum absolute atomic E-state index is 14.0. The number of nitrogens with zero attached hydrogens (tertiary/aromatic N) is 1. The third-order valence-corrected chi connectivity index (χ3v) is 5.17. The molecule has 1 atom stereocenters. The highest BCUT2D eigenvalue weighted by atomic mass is 19.1. The number of morpholine rings is 1. The first-order valence-corrected chi connectivity index (χ1v) is 9.10. The van der Waals surface area contributed by atoms with Crippen molar-refractivity contribution in [1.29, 1.82) is 0 Å². The molecular formula is C19H27FN2O3. The fourth-order valence-electron chi connectivity index (χ4n) is 3.85. The van der Waals surface area contributed by atoms with Gasteiger partial charge in [0.2, 0.25) is 5.91 Å². The van der Waals surface area contributed by atoms with Crippen LogP contribution in [0.4, 0.5) is 4.39 Å². The summed E-state index contributed by atoms with van der Waals surface area (Å²) in [5.74, 6) is -0.276. The molecule has 1 amide bonds. The Kier molecular flexibility index (Phi) is 6.04. The highest BCUT2D eigenvalue weighted by Gasteiger charge is 2.37. The smallest absolute Gasteiger partial charge is 0.234 e. The van der Waals surface area contributed by atoms with Gasteiger partial charge in [0.15, 0.2) is 0 Å². The number of benzene rings is 1. The number of carbonyl (C=O) groups excluding carboxylic acids is 1. The number of nitrogens with one attached hydrogen (secondary N) is 1. The number of amides is 1. The second kappa shape index (κ2) is 8.25. The van der Waals surface area contributed by atoms with Crippen LogP contribution in [0.25, 0.3) is 0 Å². The predicted molar refractivity (Wildman–Crippen MR) is 92.7 cm³/mol. The van der Waals surface area contributed by atoms with Gasteiger partial charge in [-0.1, -0.05) is 31.0 Å². The molecule has 0 unspecified atom stereocenters. The summed E-state index contributed by atoms with van der Waals surface area (Å²) in [5.41, 5.74) is -0.345. The number of carbonyl (C=O) groups is 1. The second-order valence-corrected chi connectivity index (χ2v) is 7.22. The summed E-state index contributed by atoms with van der Waals surface area (Å²) >= 11 is 0. The van der Waals surface area contributed by atoms with Crippen LogP contribution in [0.1, 0.15) is 31.2 Å². The van der Waals surface area contributed by atoms with Crippen molar-refractivity contribution in [3.05, 3.63) is 35.6 Å². The van der Waals surface area contributed by atoms with Crippen molar-refractivity contribution in [2.45, 2.75) is 43.7 Å². The van der Waals surface area contributed by atoms with E-state index in [1.54, 1.807) is 18.2 Å². The minimum absolute atomic E-state index is 0.0199. The molecule has 0 bridgehead atoms. The number of aliphatic hydroxyl groups is 1. The molecule has 1 saturated carbocycles. The summed E-state index contributed by atoms with van der Waals surface area (Å²) in [5, 5.41) is 13.0. The van der Waals surface area contributed by atoms with Crippen LogP contribution in [0, 0.1) is 5.82 Å². The zero-order valence-electron chi connectivity index (χ0n) is 14.5. The molecule has 1 aromatic rings. The molecule has 2 fully saturated rings. The first-order chi connectivity index (χ1) is 12.1. The third kappa shape index (κ3) is 4.77. The van der Waals surface area contributed by atoms with Gasteiger partial charge in [0.1, 0.15) is 11.4 Å². The normalized spacial score (nSPS) is 25.2. The minimum atomic E-state index is -0.867. The summed E-state index contributed by atoms with van der Waals surface area (Å²) in [7, 11) is 0. The van der Waals surface area contributed by atoms with Crippen LogP contribution in [-0.4, -0.2) is 60.4 Å². The van der Waals surface area contributed by atoms with E-state index in [1.807, 2.05) is 4.90 Å². The van der Waals surface area contributed by atoms with Crippen LogP contribution in [0.15, 0.2) is 24.3 Å². The van der Waals surface area contributed by atoms with Gasteiger partial charge in [-0.3, -0.25) is 9.69 Å². The van der Waals surface area contributed by atoms with Gasteiger partial charge in [-0.25, -0.2) is 4.39 Å². The van der Waals surface area contributed by atoms with Crippen molar-refractivity contribution in [1.82, 2.24) is 10.2 Å². The number of ether oxygens (including phenoxy) is 1. The van der Waals surface area contributed by atoms with Gasteiger partial charge in [-0.2, -0.15) is 0 Å². The molecule has 3 rings (SSSR count). The second-order valence-electron chi connectivity index (χ2n) is 7.22. The van der Waals surface area contributed by atoms with Crippen molar-refractivity contribution < 1.29 is 19.0 Å². The van der Waals surface area contributed by atoms with Crippen LogP contribution in [-0.2, 0) is 16.0 Å². The molecule has 1 saturated heterocycles. The average molecular weight is 350 g/mol. The number of hydrogen-bond acceptors (Lipinski definition) is 4. The van der Waals surface area contributed by atoms with Crippen molar-refractivity contribution in [3.8, 4) is 0 Å². The Hall–Kier alpha value is -1.50. The summed E-state index contributed by atoms with van der Waals surface area (Å²) < 4.78 is 19.8. The zero-order valence-corrected chi connectivity index (χ0v) is 14.5. The predicted octanol–water partition coefficient (Wildman–Crippen LogP) is 1.49. The van der Waals surface area contributed by atoms with E-state index in [9.17, 15) is 14.3 Å². The molecule has 0 radical (unpaired) electrons. The largest absolute Gasteiger partial charge is 0.393 e. The molecule has 6 heteroatoms. The van der Waals surface area contributed by atoms with Crippen molar-refractivity contribution in [3.63, 3.8) is 0 Å². The lowest BCUT2D eigenvalue weighted by Gasteiger charge is -2.41. The summed E-state index contributed by atoms with van der Waals surface area (Å²) in [6, 6.07) is 6.85. The molecule has 1 heterocycles. The highest BCUT2D eigenvalue weighted by Crippen LogP contribution is 2.24. The van der Waals surface area contributed by atoms with E-state index in [0.717, 1.165) is 12.8 Å². The van der Waals surface area contributed by atoms with Crippen molar-refractivity contribution in [2.24, 2.45) is 0 Å². The lowest BCUT2D eigenvalue weighted by molar-refractivity contribution is -0.141. The van der Waals surface area contributed by atoms with Gasteiger partial charge in [0.25, 0.3) is 0 Å².